The monoisotopic (exact) mass is 1480 g/mol. The number of rotatable bonds is 50. The van der Waals surface area contributed by atoms with Gasteiger partial charge in [-0.3, -0.25) is 38.5 Å². The molecule has 0 saturated carbocycles. The second-order valence-electron chi connectivity index (χ2n) is 25.4. The number of aliphatic hydroxyl groups is 16. The van der Waals surface area contributed by atoms with Crippen LogP contribution >= 0.6 is 0 Å². The van der Waals surface area contributed by atoms with Gasteiger partial charge in [-0.15, -0.1) is 0 Å². The first-order valence-electron chi connectivity index (χ1n) is 34.7. The summed E-state index contributed by atoms with van der Waals surface area (Å²) < 4.78 is 44.0. The Bertz CT molecular complexity index is 2220. The number of hydrogen-bond donors (Lipinski definition) is 22. The zero-order chi connectivity index (χ0) is 75.4. The summed E-state index contributed by atoms with van der Waals surface area (Å²) in [4.78, 5) is 96.3. The molecule has 0 radical (unpaired) electrons. The molecule has 4 heterocycles. The molecule has 4 aliphatic rings. The van der Waals surface area contributed by atoms with Gasteiger partial charge in [-0.05, 0) is 64.3 Å². The molecule has 0 aliphatic carbocycles. The van der Waals surface area contributed by atoms with Crippen molar-refractivity contribution in [2.45, 2.75) is 225 Å². The molecule has 4 rings (SSSR count). The molecule has 102 heavy (non-hydrogen) atoms. The van der Waals surface area contributed by atoms with Crippen molar-refractivity contribution < 1.29 is 158 Å². The van der Waals surface area contributed by atoms with Crippen LogP contribution in [0.25, 0.3) is 0 Å². The number of carbonyl (C=O) groups excluding carboxylic acids is 6. The molecular weight excluding hydrogens is 1370 g/mol. The van der Waals surface area contributed by atoms with E-state index in [9.17, 15) is 115 Å². The largest absolute Gasteiger partial charge is 0.481 e. The second-order valence-corrected chi connectivity index (χ2v) is 25.4. The summed E-state index contributed by atoms with van der Waals surface area (Å²) in [5.41, 5.74) is 5.70. The Labute approximate surface area is 589 Å². The predicted octanol–water partition coefficient (Wildman–Crippen LogP) is -11.1. The number of unbranched alkanes of at least 4 members (excludes halogenated alkanes) is 7. The Morgan fingerprint density at radius 1 is 0.382 bits per heavy atom. The fourth-order valence-corrected chi connectivity index (χ4v) is 11.4. The summed E-state index contributed by atoms with van der Waals surface area (Å²) in [5.74, 6) is -4.24. The number of amides is 6. The number of nitrogens with one attached hydrogen (secondary N) is 4. The van der Waals surface area contributed by atoms with Gasteiger partial charge in [0.15, 0.2) is 25.2 Å². The fraction of sp³-hybridized carbons (Fsp3) is 0.887. The van der Waals surface area contributed by atoms with Crippen LogP contribution < -0.4 is 27.0 Å². The van der Waals surface area contributed by atoms with E-state index in [1.807, 2.05) is 0 Å². The molecule has 6 amide bonds. The number of aliphatic hydroxyl groups excluding tert-OH is 16. The maximum absolute atomic E-state index is 13.7. The van der Waals surface area contributed by atoms with Crippen LogP contribution in [0.15, 0.2) is 0 Å². The number of nitrogens with two attached hydrogens (primary N) is 1. The molecule has 40 nitrogen and oxygen atoms in total. The summed E-state index contributed by atoms with van der Waals surface area (Å²) in [6.45, 7) is -5.58. The van der Waals surface area contributed by atoms with Crippen LogP contribution in [-0.2, 0) is 71.5 Å². The third-order valence-corrected chi connectivity index (χ3v) is 17.5. The summed E-state index contributed by atoms with van der Waals surface area (Å²) in [5, 5.41) is 182. The molecular formula is C62H112N8O32. The van der Waals surface area contributed by atoms with Crippen molar-refractivity contribution in [2.75, 3.05) is 125 Å². The van der Waals surface area contributed by atoms with Crippen LogP contribution in [-0.4, -0.2) is 397 Å². The van der Waals surface area contributed by atoms with E-state index in [1.165, 1.54) is 14.7 Å². The smallest absolute Gasteiger partial charge is 0.303 e. The van der Waals surface area contributed by atoms with E-state index in [-0.39, 0.29) is 111 Å². The number of carboxylic acids is 1. The topological polar surface area (TPSA) is 621 Å². The first kappa shape index (κ1) is 89.6. The van der Waals surface area contributed by atoms with E-state index in [2.05, 4.69) is 21.3 Å². The van der Waals surface area contributed by atoms with Crippen LogP contribution in [0.5, 0.6) is 0 Å². The Kier molecular flexibility index (Phi) is 42.6. The number of aliphatic carboxylic acids is 1. The van der Waals surface area contributed by atoms with E-state index in [4.69, 9.17) is 48.7 Å². The molecule has 0 bridgehead atoms. The first-order valence-corrected chi connectivity index (χ1v) is 34.7. The van der Waals surface area contributed by atoms with Crippen molar-refractivity contribution in [3.8, 4) is 0 Å². The lowest BCUT2D eigenvalue weighted by Crippen LogP contribution is -2.59. The normalized spacial score (nSPS) is 29.9. The quantitative estimate of drug-likeness (QED) is 0.0252. The standard InChI is InChI=1S/C62H112N8O32/c63-16-8-7-12-35(58(94)66-19-11-3-6-15-45(80)81)67-42(77)30-68(28-40(75)64-17-9-1-4-13-43(78)69(20-24-95-59-54(90)50(86)46(82)36(31-71)99-59)21-25-96-60-55(91)51(87)47(83)37(32-72)100-60)29-41(76)65-18-10-2-5-14-44(79)70(22-26-97-61-56(92)52(88)48(84)38(33-73)101-61)23-27-98-62-57(93)53(89)49(85)39(34-74)102-62/h35-39,46-57,59-62,71-74,82-93H,1-34,63H2,(H,64,75)(H,65,76)(H,66,94)(H,67,77)(H,80,81)/t35-,36+,37+,38+,39+,46+,47+,48+,49+,50-,51-,52-,53-,54-,55-,56-,57-,59-,60-,61-,62-/m0/s1. The van der Waals surface area contributed by atoms with Crippen LogP contribution in [0.3, 0.4) is 0 Å². The van der Waals surface area contributed by atoms with Gasteiger partial charge in [-0.2, -0.15) is 0 Å². The molecule has 0 spiro atoms. The van der Waals surface area contributed by atoms with E-state index in [0.29, 0.717) is 64.3 Å². The van der Waals surface area contributed by atoms with Crippen molar-refractivity contribution in [2.24, 2.45) is 5.73 Å². The lowest BCUT2D eigenvalue weighted by Gasteiger charge is -2.40. The van der Waals surface area contributed by atoms with Gasteiger partial charge in [0.2, 0.25) is 35.4 Å². The number of hydrogen-bond acceptors (Lipinski definition) is 33. The molecule has 0 unspecified atom stereocenters. The minimum Gasteiger partial charge on any atom is -0.481 e. The van der Waals surface area contributed by atoms with Gasteiger partial charge >= 0.3 is 5.97 Å². The average Bonchev–Trinajstić information content (AvgIpc) is 0.839. The number of carboxylic acid groups (broad SMARTS) is 1. The maximum atomic E-state index is 13.7. The summed E-state index contributed by atoms with van der Waals surface area (Å²) in [6.07, 6.45) is -27.2. The van der Waals surface area contributed by atoms with Crippen molar-refractivity contribution in [3.05, 3.63) is 0 Å². The summed E-state index contributed by atoms with van der Waals surface area (Å²) in [7, 11) is 0. The van der Waals surface area contributed by atoms with Gasteiger partial charge in [0.1, 0.15) is 104 Å². The Morgan fingerprint density at radius 3 is 1.01 bits per heavy atom. The van der Waals surface area contributed by atoms with Crippen molar-refractivity contribution >= 4 is 41.4 Å². The SMILES string of the molecule is NCCCC[C@H](NC(=O)CN(CC(=O)NCCCCCC(=O)N(CCO[C@H]1O[C@H](CO)[C@@H](O)[C@H](O)[C@@H]1O)CCO[C@H]1O[C@H](CO)[C@@H](O)[C@H](O)[C@@H]1O)CC(=O)NCCCCCC(=O)N(CCO[C@H]1O[C@H](CO)[C@@H](O)[C@H](O)[C@@H]1O)CCO[C@H]1O[C@H](CO)[C@@H](O)[C@H](O)[C@@H]1O)C(=O)NCCCCCC(=O)O. The van der Waals surface area contributed by atoms with E-state index in [0.717, 1.165) is 0 Å². The minimum absolute atomic E-state index is 0.0338. The fourth-order valence-electron chi connectivity index (χ4n) is 11.4. The highest BCUT2D eigenvalue weighted by Gasteiger charge is 2.48. The van der Waals surface area contributed by atoms with Crippen LogP contribution in [0.1, 0.15) is 96.3 Å². The van der Waals surface area contributed by atoms with Gasteiger partial charge in [0, 0.05) is 65.1 Å². The van der Waals surface area contributed by atoms with Gasteiger partial charge < -0.3 is 162 Å². The Balaban J connectivity index is 1.35. The van der Waals surface area contributed by atoms with Gasteiger partial charge in [0.25, 0.3) is 0 Å². The first-order chi connectivity index (χ1) is 48.7. The van der Waals surface area contributed by atoms with Crippen LogP contribution in [0.2, 0.25) is 0 Å². The Morgan fingerprint density at radius 2 is 0.696 bits per heavy atom. The highest BCUT2D eigenvalue weighted by atomic mass is 16.7. The van der Waals surface area contributed by atoms with Crippen molar-refractivity contribution in [1.29, 1.82) is 0 Å². The molecule has 0 aromatic carbocycles. The van der Waals surface area contributed by atoms with E-state index in [1.54, 1.807) is 0 Å². The molecule has 4 fully saturated rings. The lowest BCUT2D eigenvalue weighted by molar-refractivity contribution is -0.303. The zero-order valence-electron chi connectivity index (χ0n) is 57.3. The molecule has 40 heteroatoms. The van der Waals surface area contributed by atoms with Crippen molar-refractivity contribution in [3.63, 3.8) is 0 Å². The van der Waals surface area contributed by atoms with E-state index >= 15 is 0 Å². The third kappa shape index (κ3) is 30.2. The maximum Gasteiger partial charge on any atom is 0.303 e. The zero-order valence-corrected chi connectivity index (χ0v) is 57.3. The molecule has 592 valence electrons. The van der Waals surface area contributed by atoms with Gasteiger partial charge in [0.05, 0.1) is 72.5 Å². The molecule has 21 atom stereocenters. The van der Waals surface area contributed by atoms with Gasteiger partial charge in [-0.1, -0.05) is 19.3 Å². The summed E-state index contributed by atoms with van der Waals surface area (Å²) in [6, 6.07) is -1.03. The molecule has 23 N–H and O–H groups in total. The van der Waals surface area contributed by atoms with E-state index < -0.39 is 216 Å². The van der Waals surface area contributed by atoms with Crippen molar-refractivity contribution in [1.82, 2.24) is 36.0 Å². The molecule has 4 aliphatic heterocycles. The number of nitrogens with zero attached hydrogens (tertiary/aromatic N) is 3. The molecule has 0 aromatic heterocycles. The van der Waals surface area contributed by atoms with Crippen LogP contribution in [0.4, 0.5) is 0 Å². The van der Waals surface area contributed by atoms with Gasteiger partial charge in [-0.25, -0.2) is 0 Å². The number of ether oxygens (including phenoxy) is 8. The predicted molar refractivity (Wildman–Crippen MR) is 345 cm³/mol. The summed E-state index contributed by atoms with van der Waals surface area (Å²) >= 11 is 0. The minimum atomic E-state index is -1.74. The highest BCUT2D eigenvalue weighted by molar-refractivity contribution is 5.89. The lowest BCUT2D eigenvalue weighted by atomic mass is 9.99. The van der Waals surface area contributed by atoms with Crippen LogP contribution in [0, 0.1) is 0 Å². The molecule has 4 saturated heterocycles. The highest BCUT2D eigenvalue weighted by Crippen LogP contribution is 2.26. The second kappa shape index (κ2) is 48.5. The molecule has 0 aromatic rings. The number of carbonyl (C=O) groups is 7. The average molecular weight is 1480 g/mol. The Hall–Kier alpha value is -4.75. The third-order valence-electron chi connectivity index (χ3n) is 17.5.